The van der Waals surface area contributed by atoms with Gasteiger partial charge in [-0.25, -0.2) is 9.36 Å². The molecule has 0 bridgehead atoms. The highest BCUT2D eigenvalue weighted by Crippen LogP contribution is 1.95. The van der Waals surface area contributed by atoms with Crippen LogP contribution in [-0.4, -0.2) is 33.4 Å². The first kappa shape index (κ1) is 15.8. The van der Waals surface area contributed by atoms with Gasteiger partial charge in [0.25, 0.3) is 5.56 Å². The number of nitrogens with zero attached hydrogens (tertiary/aromatic N) is 1. The van der Waals surface area contributed by atoms with Crippen LogP contribution in [0.2, 0.25) is 0 Å². The van der Waals surface area contributed by atoms with Crippen LogP contribution in [0.3, 0.4) is 0 Å². The summed E-state index contributed by atoms with van der Waals surface area (Å²) >= 11 is 0. The monoisotopic (exact) mass is 286 g/mol. The van der Waals surface area contributed by atoms with E-state index in [0.717, 1.165) is 0 Å². The molecule has 9 heteroatoms. The van der Waals surface area contributed by atoms with Gasteiger partial charge in [0.2, 0.25) is 17.6 Å². The van der Waals surface area contributed by atoms with Crippen LogP contribution in [0.1, 0.15) is 25.1 Å². The molecule has 8 nitrogen and oxygen atoms in total. The molecule has 0 aliphatic carbocycles. The Morgan fingerprint density at radius 3 is 2.60 bits per heavy atom. The summed E-state index contributed by atoms with van der Waals surface area (Å²) < 4.78 is 13.4. The second kappa shape index (κ2) is 6.24. The number of nitrogens with two attached hydrogens (primary N) is 1. The Morgan fingerprint density at radius 2 is 2.05 bits per heavy atom. The lowest BCUT2D eigenvalue weighted by Crippen LogP contribution is -2.46. The van der Waals surface area contributed by atoms with Gasteiger partial charge >= 0.3 is 5.69 Å². The number of carbonyl (C=O) groups is 2. The molecule has 20 heavy (non-hydrogen) atoms. The first-order valence-corrected chi connectivity index (χ1v) is 5.83. The first-order chi connectivity index (χ1) is 9.22. The Hall–Kier alpha value is -2.29. The second-order valence-corrected chi connectivity index (χ2v) is 4.47. The fraction of sp³-hybridized carbons (Fsp3) is 0.455. The molecule has 1 atom stereocenters. The summed E-state index contributed by atoms with van der Waals surface area (Å²) in [6, 6.07) is -1.33. The third-order valence-corrected chi connectivity index (χ3v) is 2.33. The fourth-order valence-electron chi connectivity index (χ4n) is 1.40. The summed E-state index contributed by atoms with van der Waals surface area (Å²) in [5, 5.41) is 2.50. The van der Waals surface area contributed by atoms with Crippen LogP contribution in [0, 0.1) is 5.82 Å². The molecule has 0 spiro atoms. The van der Waals surface area contributed by atoms with Gasteiger partial charge in [0.1, 0.15) is 0 Å². The Kier molecular flexibility index (Phi) is 4.92. The van der Waals surface area contributed by atoms with E-state index in [9.17, 15) is 23.6 Å². The van der Waals surface area contributed by atoms with Crippen molar-refractivity contribution < 1.29 is 14.0 Å². The normalized spacial score (nSPS) is 12.2. The molecule has 0 saturated carbocycles. The van der Waals surface area contributed by atoms with Crippen LogP contribution < -0.4 is 22.3 Å². The minimum Gasteiger partial charge on any atom is -0.353 e. The molecule has 0 saturated heterocycles. The van der Waals surface area contributed by atoms with Crippen molar-refractivity contribution in [2.45, 2.75) is 32.4 Å². The smallest absolute Gasteiger partial charge is 0.335 e. The Morgan fingerprint density at radius 1 is 1.45 bits per heavy atom. The van der Waals surface area contributed by atoms with Crippen molar-refractivity contribution in [3.05, 3.63) is 32.9 Å². The lowest BCUT2D eigenvalue weighted by atomic mass is 10.2. The molecule has 0 fully saturated rings. The predicted octanol–water partition coefficient (Wildman–Crippen LogP) is -1.44. The van der Waals surface area contributed by atoms with Crippen molar-refractivity contribution in [3.8, 4) is 0 Å². The Labute approximate surface area is 112 Å². The number of H-pyrrole nitrogens is 1. The van der Waals surface area contributed by atoms with E-state index in [4.69, 9.17) is 5.73 Å². The zero-order valence-corrected chi connectivity index (χ0v) is 11.0. The average molecular weight is 286 g/mol. The van der Waals surface area contributed by atoms with E-state index in [0.29, 0.717) is 10.8 Å². The summed E-state index contributed by atoms with van der Waals surface area (Å²) in [7, 11) is 0. The summed E-state index contributed by atoms with van der Waals surface area (Å²) in [5.41, 5.74) is 3.20. The summed E-state index contributed by atoms with van der Waals surface area (Å²) in [5.74, 6) is -2.74. The van der Waals surface area contributed by atoms with Gasteiger partial charge in [0, 0.05) is 6.04 Å². The van der Waals surface area contributed by atoms with Gasteiger partial charge in [-0.3, -0.25) is 19.4 Å². The zero-order chi connectivity index (χ0) is 15.4. The van der Waals surface area contributed by atoms with E-state index in [1.54, 1.807) is 18.8 Å². The molecule has 1 rings (SSSR count). The van der Waals surface area contributed by atoms with E-state index in [-0.39, 0.29) is 6.04 Å². The molecule has 1 amide bonds. The molecule has 1 aromatic heterocycles. The van der Waals surface area contributed by atoms with Crippen molar-refractivity contribution in [1.82, 2.24) is 14.9 Å². The fourth-order valence-corrected chi connectivity index (χ4v) is 1.40. The van der Waals surface area contributed by atoms with Crippen molar-refractivity contribution in [3.63, 3.8) is 0 Å². The standard InChI is InChI=1S/C11H15FN4O4/c1-5(2)14-10(19)7(13)3-8(17)16-4-6(12)9(18)15-11(16)20/h4-5,7H,3,13H2,1-2H3,(H,14,19)(H,15,18,20). The average Bonchev–Trinajstić information content (AvgIpc) is 2.32. The molecular weight excluding hydrogens is 271 g/mol. The third kappa shape index (κ3) is 3.85. The number of nitrogens with one attached hydrogen (secondary N) is 2. The van der Waals surface area contributed by atoms with E-state index >= 15 is 0 Å². The zero-order valence-electron chi connectivity index (χ0n) is 11.0. The summed E-state index contributed by atoms with van der Waals surface area (Å²) in [6.45, 7) is 3.43. The van der Waals surface area contributed by atoms with Gasteiger partial charge in [-0.2, -0.15) is 4.39 Å². The lowest BCUT2D eigenvalue weighted by molar-refractivity contribution is -0.122. The minimum atomic E-state index is -1.28. The van der Waals surface area contributed by atoms with E-state index in [1.807, 2.05) is 0 Å². The lowest BCUT2D eigenvalue weighted by Gasteiger charge is -2.14. The number of hydrogen-bond acceptors (Lipinski definition) is 5. The molecule has 1 unspecified atom stereocenters. The Balaban J connectivity index is 2.87. The largest absolute Gasteiger partial charge is 0.353 e. The van der Waals surface area contributed by atoms with E-state index in [2.05, 4.69) is 5.32 Å². The SMILES string of the molecule is CC(C)NC(=O)C(N)CC(=O)n1cc(F)c(=O)[nH]c1=O. The van der Waals surface area contributed by atoms with Crippen LogP contribution in [0.25, 0.3) is 0 Å². The third-order valence-electron chi connectivity index (χ3n) is 2.33. The topological polar surface area (TPSA) is 127 Å². The van der Waals surface area contributed by atoms with Gasteiger partial charge in [0.05, 0.1) is 18.7 Å². The maximum atomic E-state index is 13.0. The highest BCUT2D eigenvalue weighted by molar-refractivity contribution is 5.89. The predicted molar refractivity (Wildman–Crippen MR) is 67.8 cm³/mol. The van der Waals surface area contributed by atoms with Crippen LogP contribution in [-0.2, 0) is 4.79 Å². The maximum absolute atomic E-state index is 13.0. The molecule has 1 heterocycles. The molecule has 1 aromatic rings. The molecule has 0 radical (unpaired) electrons. The number of rotatable bonds is 4. The van der Waals surface area contributed by atoms with Crippen LogP contribution in [0.5, 0.6) is 0 Å². The van der Waals surface area contributed by atoms with Crippen molar-refractivity contribution in [2.75, 3.05) is 0 Å². The summed E-state index contributed by atoms with van der Waals surface area (Å²) in [6.07, 6.45) is -0.0273. The van der Waals surface area contributed by atoms with E-state index in [1.165, 1.54) is 0 Å². The van der Waals surface area contributed by atoms with Gasteiger partial charge in [-0.1, -0.05) is 0 Å². The first-order valence-electron chi connectivity index (χ1n) is 5.83. The van der Waals surface area contributed by atoms with Crippen LogP contribution in [0.4, 0.5) is 4.39 Å². The number of carbonyl (C=O) groups excluding carboxylic acids is 2. The number of aromatic amines is 1. The molecule has 0 aliphatic heterocycles. The van der Waals surface area contributed by atoms with Gasteiger partial charge in [0.15, 0.2) is 0 Å². The number of aromatic nitrogens is 2. The molecule has 0 aliphatic rings. The van der Waals surface area contributed by atoms with Gasteiger partial charge in [-0.05, 0) is 13.8 Å². The highest BCUT2D eigenvalue weighted by atomic mass is 19.1. The molecule has 110 valence electrons. The molecule has 0 aromatic carbocycles. The quantitative estimate of drug-likeness (QED) is 0.624. The highest BCUT2D eigenvalue weighted by Gasteiger charge is 2.20. The Bertz CT molecular complexity index is 634. The maximum Gasteiger partial charge on any atom is 0.335 e. The summed E-state index contributed by atoms with van der Waals surface area (Å²) in [4.78, 5) is 47.1. The number of amides is 1. The molecule has 4 N–H and O–H groups in total. The van der Waals surface area contributed by atoms with Crippen molar-refractivity contribution >= 4 is 11.8 Å². The molecular formula is C11H15FN4O4. The van der Waals surface area contributed by atoms with Crippen LogP contribution >= 0.6 is 0 Å². The van der Waals surface area contributed by atoms with Gasteiger partial charge < -0.3 is 11.1 Å². The van der Waals surface area contributed by atoms with Crippen LogP contribution in [0.15, 0.2) is 15.8 Å². The second-order valence-electron chi connectivity index (χ2n) is 4.47. The van der Waals surface area contributed by atoms with Crippen molar-refractivity contribution in [2.24, 2.45) is 5.73 Å². The van der Waals surface area contributed by atoms with Crippen molar-refractivity contribution in [1.29, 1.82) is 0 Å². The van der Waals surface area contributed by atoms with Gasteiger partial charge in [-0.15, -0.1) is 0 Å². The minimum absolute atomic E-state index is 0.156. The number of hydrogen-bond donors (Lipinski definition) is 3. The van der Waals surface area contributed by atoms with E-state index < -0.39 is 41.3 Å². The number of halogens is 1.